The van der Waals surface area contributed by atoms with Crippen LogP contribution in [0.15, 0.2) is 22.7 Å². The van der Waals surface area contributed by atoms with Crippen LogP contribution in [-0.4, -0.2) is 41.4 Å². The van der Waals surface area contributed by atoms with Gasteiger partial charge in [-0.2, -0.15) is 4.98 Å². The molecule has 0 amide bonds. The van der Waals surface area contributed by atoms with Crippen molar-refractivity contribution >= 4 is 44.5 Å². The first-order valence-corrected chi connectivity index (χ1v) is 8.84. The summed E-state index contributed by atoms with van der Waals surface area (Å²) in [6, 6.07) is 6.82. The van der Waals surface area contributed by atoms with E-state index < -0.39 is 0 Å². The van der Waals surface area contributed by atoms with E-state index in [2.05, 4.69) is 76.1 Å². The van der Waals surface area contributed by atoms with E-state index in [1.807, 2.05) is 13.1 Å². The number of halogens is 2. The first-order valence-electron chi connectivity index (χ1n) is 6.97. The topological polar surface area (TPSA) is 56.8 Å². The van der Waals surface area contributed by atoms with Gasteiger partial charge in [0.2, 0.25) is 5.95 Å². The zero-order valence-electron chi connectivity index (χ0n) is 11.7. The standard InChI is InChI=1S/C14H17BrIN5/c1-17-10-4-6-21(7-5-10)14-18-13(19-20-14)11-8-9(16)2-3-12(11)15/h2-3,8,10,17H,4-7H2,1H3,(H,18,19,20). The zero-order valence-corrected chi connectivity index (χ0v) is 15.5. The van der Waals surface area contributed by atoms with Crippen molar-refractivity contribution in [1.29, 1.82) is 0 Å². The number of aromatic amines is 1. The van der Waals surface area contributed by atoms with Gasteiger partial charge in [0.25, 0.3) is 0 Å². The molecule has 1 aromatic carbocycles. The summed E-state index contributed by atoms with van der Waals surface area (Å²) in [7, 11) is 2.03. The van der Waals surface area contributed by atoms with Gasteiger partial charge in [-0.1, -0.05) is 15.9 Å². The Kier molecular flexibility index (Phi) is 4.80. The fourth-order valence-electron chi connectivity index (χ4n) is 2.56. The number of piperidine rings is 1. The number of nitrogens with zero attached hydrogens (tertiary/aromatic N) is 3. The van der Waals surface area contributed by atoms with E-state index in [4.69, 9.17) is 0 Å². The molecule has 5 nitrogen and oxygen atoms in total. The minimum Gasteiger partial charge on any atom is -0.339 e. The van der Waals surface area contributed by atoms with Gasteiger partial charge in [0.1, 0.15) is 0 Å². The molecule has 112 valence electrons. The number of benzene rings is 1. The summed E-state index contributed by atoms with van der Waals surface area (Å²) in [6.45, 7) is 1.99. The van der Waals surface area contributed by atoms with E-state index in [1.54, 1.807) is 0 Å². The minimum atomic E-state index is 0.615. The molecule has 0 atom stereocenters. The average Bonchev–Trinajstić information content (AvgIpc) is 2.99. The Morgan fingerprint density at radius 1 is 1.38 bits per heavy atom. The molecule has 0 aliphatic carbocycles. The van der Waals surface area contributed by atoms with Gasteiger partial charge in [-0.25, -0.2) is 0 Å². The molecule has 1 aliphatic rings. The van der Waals surface area contributed by atoms with Crippen LogP contribution in [0.2, 0.25) is 0 Å². The number of rotatable bonds is 3. The summed E-state index contributed by atoms with van der Waals surface area (Å²) in [6.07, 6.45) is 2.26. The Balaban J connectivity index is 1.79. The maximum atomic E-state index is 4.66. The smallest absolute Gasteiger partial charge is 0.245 e. The Morgan fingerprint density at radius 2 is 2.14 bits per heavy atom. The fourth-order valence-corrected chi connectivity index (χ4v) is 3.49. The predicted octanol–water partition coefficient (Wildman–Crippen LogP) is 3.03. The molecule has 2 N–H and O–H groups in total. The number of anilines is 1. The van der Waals surface area contributed by atoms with Crippen LogP contribution >= 0.6 is 38.5 Å². The quantitative estimate of drug-likeness (QED) is 0.690. The first-order chi connectivity index (χ1) is 10.2. The molecule has 1 aliphatic heterocycles. The third kappa shape index (κ3) is 3.40. The third-order valence-corrected chi connectivity index (χ3v) is 5.21. The van der Waals surface area contributed by atoms with Crippen molar-refractivity contribution in [2.75, 3.05) is 25.0 Å². The van der Waals surface area contributed by atoms with E-state index >= 15 is 0 Å². The van der Waals surface area contributed by atoms with Gasteiger partial charge < -0.3 is 10.2 Å². The summed E-state index contributed by atoms with van der Waals surface area (Å²) < 4.78 is 2.21. The third-order valence-electron chi connectivity index (χ3n) is 3.84. The van der Waals surface area contributed by atoms with Crippen LogP contribution in [0, 0.1) is 3.57 Å². The van der Waals surface area contributed by atoms with Gasteiger partial charge in [-0.15, -0.1) is 5.10 Å². The summed E-state index contributed by atoms with van der Waals surface area (Å²) >= 11 is 5.88. The van der Waals surface area contributed by atoms with Crippen LogP contribution in [0.4, 0.5) is 5.95 Å². The summed E-state index contributed by atoms with van der Waals surface area (Å²) in [4.78, 5) is 6.91. The highest BCUT2D eigenvalue weighted by atomic mass is 127. The lowest BCUT2D eigenvalue weighted by molar-refractivity contribution is 0.439. The fraction of sp³-hybridized carbons (Fsp3) is 0.429. The van der Waals surface area contributed by atoms with E-state index in [-0.39, 0.29) is 0 Å². The molecule has 0 bridgehead atoms. The van der Waals surface area contributed by atoms with Gasteiger partial charge in [0.05, 0.1) is 0 Å². The normalized spacial score (nSPS) is 16.4. The van der Waals surface area contributed by atoms with Gasteiger partial charge in [0, 0.05) is 32.7 Å². The van der Waals surface area contributed by atoms with Crippen LogP contribution in [0.5, 0.6) is 0 Å². The monoisotopic (exact) mass is 461 g/mol. The highest BCUT2D eigenvalue weighted by Gasteiger charge is 2.21. The van der Waals surface area contributed by atoms with Crippen molar-refractivity contribution in [3.63, 3.8) is 0 Å². The highest BCUT2D eigenvalue weighted by molar-refractivity contribution is 14.1. The molecular formula is C14H17BrIN5. The molecule has 7 heteroatoms. The molecule has 3 rings (SSSR count). The van der Waals surface area contributed by atoms with Gasteiger partial charge >= 0.3 is 0 Å². The summed E-state index contributed by atoms with van der Waals surface area (Å²) in [5.74, 6) is 1.61. The van der Waals surface area contributed by atoms with Crippen molar-refractivity contribution in [3.05, 3.63) is 26.2 Å². The average molecular weight is 462 g/mol. The molecule has 0 spiro atoms. The Labute approximate surface area is 146 Å². The number of aromatic nitrogens is 3. The van der Waals surface area contributed by atoms with Crippen LogP contribution in [-0.2, 0) is 0 Å². The number of hydrogen-bond donors (Lipinski definition) is 2. The summed E-state index contributed by atoms with van der Waals surface area (Å²) in [5.41, 5.74) is 1.05. The van der Waals surface area contributed by atoms with E-state index in [0.29, 0.717) is 6.04 Å². The van der Waals surface area contributed by atoms with Crippen LogP contribution in [0.25, 0.3) is 11.4 Å². The largest absolute Gasteiger partial charge is 0.339 e. The highest BCUT2D eigenvalue weighted by Crippen LogP contribution is 2.28. The summed E-state index contributed by atoms with van der Waals surface area (Å²) in [5, 5.41) is 10.8. The zero-order chi connectivity index (χ0) is 14.8. The SMILES string of the molecule is CNC1CCN(c2n[nH]c(-c3cc(I)ccc3Br)n2)CC1. The van der Waals surface area contributed by atoms with Crippen LogP contribution < -0.4 is 10.2 Å². The van der Waals surface area contributed by atoms with Crippen LogP contribution in [0.1, 0.15) is 12.8 Å². The van der Waals surface area contributed by atoms with E-state index in [1.165, 1.54) is 3.57 Å². The lowest BCUT2D eigenvalue weighted by atomic mass is 10.1. The van der Waals surface area contributed by atoms with Gasteiger partial charge in [-0.05, 0) is 60.7 Å². The van der Waals surface area contributed by atoms with Crippen molar-refractivity contribution in [3.8, 4) is 11.4 Å². The molecule has 0 saturated carbocycles. The first kappa shape index (κ1) is 15.2. The van der Waals surface area contributed by atoms with Crippen molar-refractivity contribution in [1.82, 2.24) is 20.5 Å². The van der Waals surface area contributed by atoms with E-state index in [0.717, 1.165) is 47.7 Å². The number of hydrogen-bond acceptors (Lipinski definition) is 4. The van der Waals surface area contributed by atoms with E-state index in [9.17, 15) is 0 Å². The lowest BCUT2D eigenvalue weighted by Gasteiger charge is -2.30. The molecule has 21 heavy (non-hydrogen) atoms. The second-order valence-corrected chi connectivity index (χ2v) is 7.26. The van der Waals surface area contributed by atoms with Crippen molar-refractivity contribution in [2.45, 2.75) is 18.9 Å². The van der Waals surface area contributed by atoms with Crippen molar-refractivity contribution < 1.29 is 0 Å². The lowest BCUT2D eigenvalue weighted by Crippen LogP contribution is -2.41. The van der Waals surface area contributed by atoms with Gasteiger partial charge in [-0.3, -0.25) is 5.10 Å². The molecule has 0 unspecified atom stereocenters. The molecule has 2 aromatic rings. The molecule has 1 saturated heterocycles. The maximum absolute atomic E-state index is 4.66. The molecular weight excluding hydrogens is 445 g/mol. The second kappa shape index (κ2) is 6.62. The maximum Gasteiger partial charge on any atom is 0.245 e. The molecule has 0 radical (unpaired) electrons. The minimum absolute atomic E-state index is 0.615. The second-order valence-electron chi connectivity index (χ2n) is 5.16. The molecule has 1 aromatic heterocycles. The number of nitrogens with one attached hydrogen (secondary N) is 2. The Morgan fingerprint density at radius 3 is 2.86 bits per heavy atom. The number of H-pyrrole nitrogens is 1. The predicted molar refractivity (Wildman–Crippen MR) is 96.5 cm³/mol. The molecule has 2 heterocycles. The Bertz CT molecular complexity index is 622. The molecule has 1 fully saturated rings. The van der Waals surface area contributed by atoms with Crippen molar-refractivity contribution in [2.24, 2.45) is 0 Å². The van der Waals surface area contributed by atoms with Crippen LogP contribution in [0.3, 0.4) is 0 Å². The Hall–Kier alpha value is -0.670. The van der Waals surface area contributed by atoms with Gasteiger partial charge in [0.15, 0.2) is 5.82 Å².